The van der Waals surface area contributed by atoms with Crippen LogP contribution in [-0.4, -0.2) is 11.2 Å². The minimum Gasteiger partial charge on any atom is -0.304 e. The summed E-state index contributed by atoms with van der Waals surface area (Å²) >= 11 is 5.97. The van der Waals surface area contributed by atoms with Gasteiger partial charge in [-0.3, -0.25) is 5.21 Å². The molecule has 1 heterocycles. The first-order valence-corrected chi connectivity index (χ1v) is 6.41. The summed E-state index contributed by atoms with van der Waals surface area (Å²) in [5.41, 5.74) is 2.39. The number of halogens is 1. The lowest BCUT2D eigenvalue weighted by Gasteiger charge is -2.36. The summed E-state index contributed by atoms with van der Waals surface area (Å²) in [4.78, 5) is 12.2. The van der Waals surface area contributed by atoms with E-state index in [2.05, 4.69) is 5.32 Å². The Labute approximate surface area is 120 Å². The molecule has 20 heavy (non-hydrogen) atoms. The van der Waals surface area contributed by atoms with Crippen LogP contribution in [0.25, 0.3) is 0 Å². The predicted octanol–water partition coefficient (Wildman–Crippen LogP) is 3.81. The fraction of sp³-hybridized carbons (Fsp3) is 0.0714. The molecule has 1 aliphatic rings. The van der Waals surface area contributed by atoms with Crippen LogP contribution in [0.15, 0.2) is 42.5 Å². The Morgan fingerprint density at radius 3 is 2.70 bits per heavy atom. The SMILES string of the molecule is Cc1ccc(Cl)cc1N1C(=O)Nc2ccccc2N1O. The molecule has 102 valence electrons. The van der Waals surface area contributed by atoms with E-state index in [0.29, 0.717) is 22.1 Å². The van der Waals surface area contributed by atoms with Crippen molar-refractivity contribution in [3.8, 4) is 0 Å². The number of carbonyl (C=O) groups is 1. The molecule has 0 saturated carbocycles. The number of anilines is 3. The molecule has 0 saturated heterocycles. The number of nitrogens with one attached hydrogen (secondary N) is 1. The maximum atomic E-state index is 12.2. The van der Waals surface area contributed by atoms with Crippen molar-refractivity contribution in [3.05, 3.63) is 53.1 Å². The molecule has 0 spiro atoms. The second-order valence-electron chi connectivity index (χ2n) is 4.48. The molecule has 0 unspecified atom stereocenters. The van der Waals surface area contributed by atoms with E-state index >= 15 is 0 Å². The highest BCUT2D eigenvalue weighted by molar-refractivity contribution is 6.31. The van der Waals surface area contributed by atoms with Crippen LogP contribution in [0.1, 0.15) is 5.56 Å². The average Bonchev–Trinajstić information content (AvgIpc) is 2.42. The van der Waals surface area contributed by atoms with Gasteiger partial charge in [0, 0.05) is 5.02 Å². The highest BCUT2D eigenvalue weighted by atomic mass is 35.5. The molecule has 1 aliphatic heterocycles. The standard InChI is InChI=1S/C14H12ClN3O2/c1-9-6-7-10(15)8-13(9)17-14(19)16-11-4-2-3-5-12(11)18(17)20/h2-8,20H,1H3,(H,16,19). The monoisotopic (exact) mass is 289 g/mol. The van der Waals surface area contributed by atoms with Gasteiger partial charge in [-0.05, 0) is 36.8 Å². The van der Waals surface area contributed by atoms with Gasteiger partial charge >= 0.3 is 6.03 Å². The number of carbonyl (C=O) groups excluding carboxylic acids is 1. The molecule has 0 atom stereocenters. The molecule has 5 nitrogen and oxygen atoms in total. The fourth-order valence-corrected chi connectivity index (χ4v) is 2.30. The van der Waals surface area contributed by atoms with E-state index in [0.717, 1.165) is 15.7 Å². The first-order chi connectivity index (χ1) is 9.58. The molecule has 0 aromatic heterocycles. The quantitative estimate of drug-likeness (QED) is 0.839. The van der Waals surface area contributed by atoms with Gasteiger partial charge in [-0.2, -0.15) is 10.2 Å². The lowest BCUT2D eigenvalue weighted by Crippen LogP contribution is -2.51. The molecule has 0 fully saturated rings. The summed E-state index contributed by atoms with van der Waals surface area (Å²) in [6.45, 7) is 1.84. The number of aryl methyl sites for hydroxylation is 1. The minimum absolute atomic E-state index is 0.448. The van der Waals surface area contributed by atoms with Gasteiger partial charge in [0.1, 0.15) is 5.69 Å². The zero-order chi connectivity index (χ0) is 14.3. The number of amides is 2. The molecule has 2 aromatic rings. The van der Waals surface area contributed by atoms with E-state index in [1.54, 1.807) is 42.5 Å². The van der Waals surface area contributed by atoms with Gasteiger partial charge in [0.25, 0.3) is 0 Å². The Hall–Kier alpha value is -2.24. The summed E-state index contributed by atoms with van der Waals surface area (Å²) in [7, 11) is 0. The third-order valence-corrected chi connectivity index (χ3v) is 3.38. The number of hydrogen-bond acceptors (Lipinski definition) is 3. The van der Waals surface area contributed by atoms with Crippen LogP contribution in [0.2, 0.25) is 5.02 Å². The van der Waals surface area contributed by atoms with Crippen molar-refractivity contribution in [1.29, 1.82) is 0 Å². The Balaban J connectivity index is 2.11. The number of hydrazine groups is 1. The normalized spacial score (nSPS) is 14.1. The number of hydrogen-bond donors (Lipinski definition) is 2. The second-order valence-corrected chi connectivity index (χ2v) is 4.92. The van der Waals surface area contributed by atoms with Crippen LogP contribution >= 0.6 is 11.6 Å². The van der Waals surface area contributed by atoms with E-state index in [4.69, 9.17) is 11.6 Å². The largest absolute Gasteiger partial charge is 0.347 e. The molecule has 2 aromatic carbocycles. The van der Waals surface area contributed by atoms with Crippen LogP contribution in [-0.2, 0) is 0 Å². The van der Waals surface area contributed by atoms with Crippen molar-refractivity contribution < 1.29 is 10.0 Å². The van der Waals surface area contributed by atoms with E-state index in [1.165, 1.54) is 0 Å². The molecule has 6 heteroatoms. The van der Waals surface area contributed by atoms with E-state index in [1.807, 2.05) is 6.92 Å². The van der Waals surface area contributed by atoms with Crippen molar-refractivity contribution in [2.75, 3.05) is 15.5 Å². The van der Waals surface area contributed by atoms with Gasteiger partial charge in [-0.15, -0.1) is 0 Å². The summed E-state index contributed by atoms with van der Waals surface area (Å²) in [6, 6.07) is 11.7. The molecule has 0 bridgehead atoms. The molecule has 0 radical (unpaired) electrons. The topological polar surface area (TPSA) is 55.8 Å². The Kier molecular flexibility index (Phi) is 3.00. The van der Waals surface area contributed by atoms with Crippen LogP contribution < -0.4 is 15.5 Å². The van der Waals surface area contributed by atoms with Crippen molar-refractivity contribution in [2.24, 2.45) is 0 Å². The second kappa shape index (κ2) is 4.70. The molecule has 2 N–H and O–H groups in total. The minimum atomic E-state index is -0.448. The zero-order valence-electron chi connectivity index (χ0n) is 10.7. The van der Waals surface area contributed by atoms with Crippen molar-refractivity contribution >= 4 is 34.7 Å². The molecule has 0 aliphatic carbocycles. The fourth-order valence-electron chi connectivity index (χ4n) is 2.14. The summed E-state index contributed by atoms with van der Waals surface area (Å²) in [5, 5.41) is 15.5. The van der Waals surface area contributed by atoms with Crippen LogP contribution in [0.3, 0.4) is 0 Å². The smallest absolute Gasteiger partial charge is 0.304 e. The predicted molar refractivity (Wildman–Crippen MR) is 78.4 cm³/mol. The van der Waals surface area contributed by atoms with E-state index in [9.17, 15) is 10.0 Å². The third-order valence-electron chi connectivity index (χ3n) is 3.14. The Morgan fingerprint density at radius 1 is 1.15 bits per heavy atom. The van der Waals surface area contributed by atoms with Crippen LogP contribution in [0.5, 0.6) is 0 Å². The van der Waals surface area contributed by atoms with Crippen molar-refractivity contribution in [3.63, 3.8) is 0 Å². The first kappa shape index (κ1) is 12.8. The lowest BCUT2D eigenvalue weighted by molar-refractivity contribution is 0.221. The summed E-state index contributed by atoms with van der Waals surface area (Å²) < 4.78 is 0. The number of urea groups is 1. The highest BCUT2D eigenvalue weighted by Crippen LogP contribution is 2.34. The molecule has 3 rings (SSSR count). The number of fused-ring (bicyclic) bond motifs is 1. The van der Waals surface area contributed by atoms with Gasteiger partial charge in [-0.1, -0.05) is 29.8 Å². The average molecular weight is 290 g/mol. The third kappa shape index (κ3) is 1.97. The first-order valence-electron chi connectivity index (χ1n) is 6.03. The van der Waals surface area contributed by atoms with Crippen molar-refractivity contribution in [2.45, 2.75) is 6.92 Å². The van der Waals surface area contributed by atoms with E-state index in [-0.39, 0.29) is 0 Å². The number of nitrogens with zero attached hydrogens (tertiary/aromatic N) is 2. The summed E-state index contributed by atoms with van der Waals surface area (Å²) in [5.74, 6) is 0. The Bertz CT molecular complexity index is 690. The van der Waals surface area contributed by atoms with E-state index < -0.39 is 6.03 Å². The zero-order valence-corrected chi connectivity index (χ0v) is 11.4. The highest BCUT2D eigenvalue weighted by Gasteiger charge is 2.31. The van der Waals surface area contributed by atoms with Gasteiger partial charge < -0.3 is 5.32 Å². The molecular formula is C14H12ClN3O2. The molecule has 2 amide bonds. The van der Waals surface area contributed by atoms with Crippen LogP contribution in [0, 0.1) is 6.92 Å². The number of para-hydroxylation sites is 2. The van der Waals surface area contributed by atoms with Crippen LogP contribution in [0.4, 0.5) is 21.9 Å². The van der Waals surface area contributed by atoms with Gasteiger partial charge in [0.2, 0.25) is 0 Å². The van der Waals surface area contributed by atoms with Gasteiger partial charge in [0.05, 0.1) is 11.4 Å². The number of rotatable bonds is 1. The Morgan fingerprint density at radius 2 is 1.90 bits per heavy atom. The number of benzene rings is 2. The van der Waals surface area contributed by atoms with Gasteiger partial charge in [-0.25, -0.2) is 4.79 Å². The molecular weight excluding hydrogens is 278 g/mol. The summed E-state index contributed by atoms with van der Waals surface area (Å²) in [6.07, 6.45) is 0. The van der Waals surface area contributed by atoms with Gasteiger partial charge in [0.15, 0.2) is 0 Å². The maximum absolute atomic E-state index is 12.2. The van der Waals surface area contributed by atoms with Crippen molar-refractivity contribution in [1.82, 2.24) is 0 Å². The maximum Gasteiger partial charge on any atom is 0.347 e. The lowest BCUT2D eigenvalue weighted by atomic mass is 10.2.